The molecule has 0 aromatic carbocycles. The zero-order valence-corrected chi connectivity index (χ0v) is 12.3. The minimum absolute atomic E-state index is 0.308. The molecule has 0 bridgehead atoms. The molecule has 1 aromatic heterocycles. The van der Waals surface area contributed by atoms with Crippen molar-refractivity contribution in [2.24, 2.45) is 5.92 Å². The van der Waals surface area contributed by atoms with Crippen LogP contribution >= 0.6 is 11.8 Å². The Hall–Kier alpha value is -0.620. The van der Waals surface area contributed by atoms with Crippen LogP contribution in [-0.2, 0) is 13.1 Å². The van der Waals surface area contributed by atoms with Crippen molar-refractivity contribution in [1.29, 1.82) is 0 Å². The molecule has 1 saturated heterocycles. The molecule has 18 heavy (non-hydrogen) atoms. The van der Waals surface area contributed by atoms with Gasteiger partial charge in [0.2, 0.25) is 0 Å². The topological polar surface area (TPSA) is 55.6 Å². The van der Waals surface area contributed by atoms with E-state index in [4.69, 9.17) is 0 Å². The highest BCUT2D eigenvalue weighted by Crippen LogP contribution is 2.38. The smallest absolute Gasteiger partial charge is 0.165 e. The van der Waals surface area contributed by atoms with Gasteiger partial charge in [-0.15, -0.1) is 5.10 Å². The summed E-state index contributed by atoms with van der Waals surface area (Å²) in [5.74, 6) is 2.86. The van der Waals surface area contributed by atoms with E-state index in [2.05, 4.69) is 41.6 Å². The molecule has 1 atom stereocenters. The standard InChI is InChI=1S/C12H23N5S/c1-10(2)7-13-8-11-14-15-16-17(11)9-12(3)5-4-6-18-12/h10,13H,4-9H2,1-3H3. The fourth-order valence-electron chi connectivity index (χ4n) is 2.22. The van der Waals surface area contributed by atoms with Crippen LogP contribution in [0.5, 0.6) is 0 Å². The lowest BCUT2D eigenvalue weighted by Gasteiger charge is -2.22. The van der Waals surface area contributed by atoms with Crippen LogP contribution in [0.15, 0.2) is 0 Å². The van der Waals surface area contributed by atoms with Crippen LogP contribution < -0.4 is 5.32 Å². The minimum atomic E-state index is 0.308. The van der Waals surface area contributed by atoms with Gasteiger partial charge in [0.05, 0.1) is 13.1 Å². The Balaban J connectivity index is 1.90. The molecule has 1 aliphatic rings. The average Bonchev–Trinajstić information content (AvgIpc) is 2.89. The Labute approximate surface area is 113 Å². The summed E-state index contributed by atoms with van der Waals surface area (Å²) in [5.41, 5.74) is 0. The summed E-state index contributed by atoms with van der Waals surface area (Å²) in [7, 11) is 0. The predicted molar refractivity (Wildman–Crippen MR) is 74.5 cm³/mol. The molecule has 1 unspecified atom stereocenters. The quantitative estimate of drug-likeness (QED) is 0.852. The van der Waals surface area contributed by atoms with E-state index < -0.39 is 0 Å². The minimum Gasteiger partial charge on any atom is -0.310 e. The van der Waals surface area contributed by atoms with Gasteiger partial charge in [-0.1, -0.05) is 13.8 Å². The summed E-state index contributed by atoms with van der Waals surface area (Å²) in [6.45, 7) is 9.39. The Morgan fingerprint density at radius 2 is 2.33 bits per heavy atom. The van der Waals surface area contributed by atoms with Gasteiger partial charge in [0, 0.05) is 4.75 Å². The van der Waals surface area contributed by atoms with Gasteiger partial charge in [-0.25, -0.2) is 4.68 Å². The van der Waals surface area contributed by atoms with E-state index in [9.17, 15) is 0 Å². The number of tetrazole rings is 1. The Bertz CT molecular complexity index is 370. The third-order valence-corrected chi connectivity index (χ3v) is 4.75. The molecular weight excluding hydrogens is 246 g/mol. The van der Waals surface area contributed by atoms with E-state index in [1.54, 1.807) is 0 Å². The monoisotopic (exact) mass is 269 g/mol. The molecular formula is C12H23N5S. The zero-order chi connectivity index (χ0) is 13.0. The first-order valence-corrected chi connectivity index (χ1v) is 7.67. The van der Waals surface area contributed by atoms with E-state index >= 15 is 0 Å². The van der Waals surface area contributed by atoms with Crippen LogP contribution in [0.3, 0.4) is 0 Å². The lowest BCUT2D eigenvalue weighted by Crippen LogP contribution is -2.28. The van der Waals surface area contributed by atoms with Crippen molar-refractivity contribution in [3.05, 3.63) is 5.82 Å². The number of aromatic nitrogens is 4. The van der Waals surface area contributed by atoms with Crippen LogP contribution in [0, 0.1) is 5.92 Å². The van der Waals surface area contributed by atoms with Crippen LogP contribution in [0.25, 0.3) is 0 Å². The van der Waals surface area contributed by atoms with Crippen molar-refractivity contribution >= 4 is 11.8 Å². The lowest BCUT2D eigenvalue weighted by molar-refractivity contribution is 0.444. The average molecular weight is 269 g/mol. The predicted octanol–water partition coefficient (Wildman–Crippen LogP) is 1.70. The van der Waals surface area contributed by atoms with Gasteiger partial charge in [0.15, 0.2) is 5.82 Å². The maximum absolute atomic E-state index is 4.12. The molecule has 0 saturated carbocycles. The SMILES string of the molecule is CC(C)CNCc1nnnn1CC1(C)CCCS1. The zero-order valence-electron chi connectivity index (χ0n) is 11.5. The summed E-state index contributed by atoms with van der Waals surface area (Å²) in [6, 6.07) is 0. The van der Waals surface area contributed by atoms with E-state index in [1.165, 1.54) is 18.6 Å². The van der Waals surface area contributed by atoms with Gasteiger partial charge in [-0.05, 0) is 48.4 Å². The first-order valence-electron chi connectivity index (χ1n) is 6.69. The highest BCUT2D eigenvalue weighted by molar-refractivity contribution is 8.00. The molecule has 0 amide bonds. The maximum Gasteiger partial charge on any atom is 0.165 e. The lowest BCUT2D eigenvalue weighted by atomic mass is 10.1. The summed E-state index contributed by atoms with van der Waals surface area (Å²) in [4.78, 5) is 0. The second-order valence-electron chi connectivity index (χ2n) is 5.68. The molecule has 1 fully saturated rings. The summed E-state index contributed by atoms with van der Waals surface area (Å²) in [5, 5.41) is 15.4. The molecule has 5 nitrogen and oxygen atoms in total. The van der Waals surface area contributed by atoms with Gasteiger partial charge in [0.1, 0.15) is 0 Å². The largest absolute Gasteiger partial charge is 0.310 e. The molecule has 0 radical (unpaired) electrons. The number of hydrogen-bond acceptors (Lipinski definition) is 5. The van der Waals surface area contributed by atoms with Crippen molar-refractivity contribution in [3.8, 4) is 0 Å². The van der Waals surface area contributed by atoms with Gasteiger partial charge in [-0.3, -0.25) is 0 Å². The Morgan fingerprint density at radius 1 is 1.50 bits per heavy atom. The van der Waals surface area contributed by atoms with Gasteiger partial charge >= 0.3 is 0 Å². The molecule has 1 aromatic rings. The number of hydrogen-bond donors (Lipinski definition) is 1. The summed E-state index contributed by atoms with van der Waals surface area (Å²) < 4.78 is 2.27. The molecule has 102 valence electrons. The normalized spacial score (nSPS) is 24.0. The first-order chi connectivity index (χ1) is 8.59. The Morgan fingerprint density at radius 3 is 3.00 bits per heavy atom. The molecule has 6 heteroatoms. The van der Waals surface area contributed by atoms with Crippen LogP contribution in [-0.4, -0.2) is 37.3 Å². The van der Waals surface area contributed by atoms with E-state index in [0.29, 0.717) is 10.7 Å². The van der Waals surface area contributed by atoms with Crippen molar-refractivity contribution in [2.75, 3.05) is 12.3 Å². The van der Waals surface area contributed by atoms with E-state index in [-0.39, 0.29) is 0 Å². The molecule has 0 aliphatic carbocycles. The van der Waals surface area contributed by atoms with Crippen molar-refractivity contribution in [2.45, 2.75) is 51.4 Å². The van der Waals surface area contributed by atoms with Crippen LogP contribution in [0.4, 0.5) is 0 Å². The number of thioether (sulfide) groups is 1. The number of rotatable bonds is 6. The third kappa shape index (κ3) is 3.68. The van der Waals surface area contributed by atoms with Gasteiger partial charge in [-0.2, -0.15) is 11.8 Å². The molecule has 1 aliphatic heterocycles. The van der Waals surface area contributed by atoms with E-state index in [0.717, 1.165) is 25.5 Å². The highest BCUT2D eigenvalue weighted by atomic mass is 32.2. The molecule has 0 spiro atoms. The van der Waals surface area contributed by atoms with Crippen molar-refractivity contribution in [1.82, 2.24) is 25.5 Å². The fourth-order valence-corrected chi connectivity index (χ4v) is 3.51. The van der Waals surface area contributed by atoms with Gasteiger partial charge in [0.25, 0.3) is 0 Å². The summed E-state index contributed by atoms with van der Waals surface area (Å²) >= 11 is 2.04. The van der Waals surface area contributed by atoms with Gasteiger partial charge < -0.3 is 5.32 Å². The Kier molecular flexibility index (Phi) is 4.61. The number of nitrogens with one attached hydrogen (secondary N) is 1. The third-order valence-electron chi connectivity index (χ3n) is 3.23. The highest BCUT2D eigenvalue weighted by Gasteiger charge is 2.31. The van der Waals surface area contributed by atoms with Crippen molar-refractivity contribution < 1.29 is 0 Å². The van der Waals surface area contributed by atoms with Crippen LogP contribution in [0.2, 0.25) is 0 Å². The molecule has 1 N–H and O–H groups in total. The summed E-state index contributed by atoms with van der Waals surface area (Å²) in [6.07, 6.45) is 2.57. The second-order valence-corrected chi connectivity index (χ2v) is 7.36. The van der Waals surface area contributed by atoms with Crippen LogP contribution in [0.1, 0.15) is 39.4 Å². The van der Waals surface area contributed by atoms with E-state index in [1.807, 2.05) is 16.4 Å². The second kappa shape index (κ2) is 6.02. The molecule has 2 heterocycles. The first kappa shape index (κ1) is 13.8. The fraction of sp³-hybridized carbons (Fsp3) is 0.917. The maximum atomic E-state index is 4.12. The number of nitrogens with zero attached hydrogens (tertiary/aromatic N) is 4. The van der Waals surface area contributed by atoms with Crippen molar-refractivity contribution in [3.63, 3.8) is 0 Å². The molecule has 2 rings (SSSR count).